The van der Waals surface area contributed by atoms with Crippen molar-refractivity contribution >= 4 is 17.7 Å². The second-order valence-electron chi connectivity index (χ2n) is 5.50. The Bertz CT molecular complexity index is 737. The Morgan fingerprint density at radius 1 is 1.12 bits per heavy atom. The fourth-order valence-electron chi connectivity index (χ4n) is 2.70. The molecule has 3 nitrogen and oxygen atoms in total. The number of ether oxygens (including phenoxy) is 1. The van der Waals surface area contributed by atoms with Crippen molar-refractivity contribution < 1.29 is 22.7 Å². The van der Waals surface area contributed by atoms with E-state index >= 15 is 0 Å². The second kappa shape index (κ2) is 7.39. The average Bonchev–Trinajstić information content (AvgIpc) is 3.09. The van der Waals surface area contributed by atoms with Gasteiger partial charge >= 0.3 is 6.18 Å². The van der Waals surface area contributed by atoms with E-state index in [9.17, 15) is 18.0 Å². The fraction of sp³-hybridized carbons (Fsp3) is 0.278. The third-order valence-electron chi connectivity index (χ3n) is 3.85. The van der Waals surface area contributed by atoms with E-state index in [0.29, 0.717) is 18.0 Å². The van der Waals surface area contributed by atoms with Gasteiger partial charge in [-0.05, 0) is 23.8 Å². The molecule has 3 rings (SSSR count). The van der Waals surface area contributed by atoms with E-state index < -0.39 is 17.1 Å². The molecule has 1 unspecified atom stereocenters. The number of amides is 1. The maximum Gasteiger partial charge on any atom is 0.416 e. The van der Waals surface area contributed by atoms with Crippen LogP contribution in [0.2, 0.25) is 0 Å². The van der Waals surface area contributed by atoms with E-state index in [1.807, 2.05) is 6.07 Å². The largest absolute Gasteiger partial charge is 0.484 e. The van der Waals surface area contributed by atoms with Crippen LogP contribution in [0.25, 0.3) is 0 Å². The number of rotatable bonds is 4. The lowest BCUT2D eigenvalue weighted by molar-refractivity contribution is -0.140. The molecular formula is C18H16F3NO2S. The predicted octanol–water partition coefficient (Wildman–Crippen LogP) is 4.36. The number of alkyl halides is 3. The van der Waals surface area contributed by atoms with Gasteiger partial charge in [-0.3, -0.25) is 4.79 Å². The van der Waals surface area contributed by atoms with Crippen LogP contribution in [0.4, 0.5) is 13.2 Å². The van der Waals surface area contributed by atoms with Crippen molar-refractivity contribution in [3.05, 3.63) is 65.7 Å². The van der Waals surface area contributed by atoms with Gasteiger partial charge in [0.2, 0.25) is 0 Å². The van der Waals surface area contributed by atoms with Crippen LogP contribution in [0.15, 0.2) is 54.6 Å². The first-order valence-corrected chi connectivity index (χ1v) is 8.77. The van der Waals surface area contributed by atoms with Gasteiger partial charge in [-0.15, -0.1) is 11.8 Å². The number of nitrogens with zero attached hydrogens (tertiary/aromatic N) is 1. The summed E-state index contributed by atoms with van der Waals surface area (Å²) < 4.78 is 45.2. The summed E-state index contributed by atoms with van der Waals surface area (Å²) in [5.41, 5.74) is -0.582. The predicted molar refractivity (Wildman–Crippen MR) is 90.3 cm³/mol. The first-order chi connectivity index (χ1) is 12.0. The highest BCUT2D eigenvalue weighted by molar-refractivity contribution is 7.99. The van der Waals surface area contributed by atoms with Crippen molar-refractivity contribution in [1.29, 1.82) is 0 Å². The molecule has 0 saturated carbocycles. The number of hydrogen-bond acceptors (Lipinski definition) is 3. The van der Waals surface area contributed by atoms with Crippen molar-refractivity contribution in [3.8, 4) is 5.75 Å². The van der Waals surface area contributed by atoms with Crippen molar-refractivity contribution in [2.75, 3.05) is 18.9 Å². The van der Waals surface area contributed by atoms with E-state index in [1.165, 1.54) is 28.8 Å². The van der Waals surface area contributed by atoms with Crippen molar-refractivity contribution in [1.82, 2.24) is 4.90 Å². The van der Waals surface area contributed by atoms with Crippen LogP contribution in [0.1, 0.15) is 16.5 Å². The van der Waals surface area contributed by atoms with Crippen molar-refractivity contribution in [2.24, 2.45) is 0 Å². The first kappa shape index (κ1) is 17.7. The van der Waals surface area contributed by atoms with Crippen LogP contribution in [-0.4, -0.2) is 29.7 Å². The lowest BCUT2D eigenvalue weighted by atomic mass is 10.1. The molecule has 0 aliphatic carbocycles. The number of hydrogen-bond donors (Lipinski definition) is 0. The Balaban J connectivity index is 1.76. The summed E-state index contributed by atoms with van der Waals surface area (Å²) in [6.45, 7) is 0.202. The number of carbonyl (C=O) groups is 1. The molecule has 1 aliphatic rings. The topological polar surface area (TPSA) is 29.5 Å². The molecule has 132 valence electrons. The van der Waals surface area contributed by atoms with Gasteiger partial charge in [0.1, 0.15) is 11.1 Å². The molecule has 0 radical (unpaired) electrons. The Morgan fingerprint density at radius 3 is 2.52 bits per heavy atom. The summed E-state index contributed by atoms with van der Waals surface area (Å²) in [5.74, 6) is 0.819. The molecule has 2 aromatic rings. The lowest BCUT2D eigenvalue weighted by Gasteiger charge is -2.26. The molecule has 1 amide bonds. The van der Waals surface area contributed by atoms with Crippen LogP contribution in [0, 0.1) is 0 Å². The number of para-hydroxylation sites is 1. The van der Waals surface area contributed by atoms with Crippen molar-refractivity contribution in [2.45, 2.75) is 11.6 Å². The summed E-state index contributed by atoms with van der Waals surface area (Å²) >= 11 is 1.33. The van der Waals surface area contributed by atoms with Gasteiger partial charge in [-0.25, -0.2) is 0 Å². The summed E-state index contributed by atoms with van der Waals surface area (Å²) in [7, 11) is 0. The summed E-state index contributed by atoms with van der Waals surface area (Å²) in [6, 6.07) is 14.3. The monoisotopic (exact) mass is 367 g/mol. The molecule has 1 atom stereocenters. The summed E-state index contributed by atoms with van der Waals surface area (Å²) in [5, 5.41) is -0.648. The van der Waals surface area contributed by atoms with Crippen LogP contribution in [-0.2, 0) is 11.0 Å². The third kappa shape index (κ3) is 4.10. The maximum atomic E-state index is 13.3. The normalized spacial score (nSPS) is 17.6. The van der Waals surface area contributed by atoms with Gasteiger partial charge < -0.3 is 9.64 Å². The molecule has 0 N–H and O–H groups in total. The minimum absolute atomic E-state index is 0.116. The standard InChI is InChI=1S/C18H16F3NO2S/c19-18(20,21)15-9-5-4-8-14(15)17-22(10-11-25-17)16(23)12-24-13-6-2-1-3-7-13/h1-9,17H,10-12H2. The van der Waals surface area contributed by atoms with Crippen molar-refractivity contribution in [3.63, 3.8) is 0 Å². The van der Waals surface area contributed by atoms with Crippen LogP contribution in [0.5, 0.6) is 5.75 Å². The number of carbonyl (C=O) groups excluding carboxylic acids is 1. The molecular weight excluding hydrogens is 351 g/mol. The average molecular weight is 367 g/mol. The molecule has 1 fully saturated rings. The zero-order chi connectivity index (χ0) is 17.9. The van der Waals surface area contributed by atoms with Crippen LogP contribution < -0.4 is 4.74 Å². The Morgan fingerprint density at radius 2 is 1.80 bits per heavy atom. The molecule has 7 heteroatoms. The molecule has 1 aliphatic heterocycles. The van der Waals surface area contributed by atoms with Gasteiger partial charge in [0.05, 0.1) is 5.56 Å². The number of halogens is 3. The van der Waals surface area contributed by atoms with Crippen LogP contribution >= 0.6 is 11.8 Å². The van der Waals surface area contributed by atoms with Gasteiger partial charge in [0.15, 0.2) is 6.61 Å². The minimum atomic E-state index is -4.45. The van der Waals surface area contributed by atoms with Gasteiger partial charge in [0.25, 0.3) is 5.91 Å². The SMILES string of the molecule is O=C(COc1ccccc1)N1CCSC1c1ccccc1C(F)(F)F. The van der Waals surface area contributed by atoms with Gasteiger partial charge in [0, 0.05) is 12.3 Å². The highest BCUT2D eigenvalue weighted by atomic mass is 32.2. The lowest BCUT2D eigenvalue weighted by Crippen LogP contribution is -2.35. The van der Waals surface area contributed by atoms with E-state index in [4.69, 9.17) is 4.74 Å². The molecule has 25 heavy (non-hydrogen) atoms. The minimum Gasteiger partial charge on any atom is -0.484 e. The van der Waals surface area contributed by atoms with E-state index in [-0.39, 0.29) is 18.1 Å². The summed E-state index contributed by atoms with van der Waals surface area (Å²) in [4.78, 5) is 13.9. The first-order valence-electron chi connectivity index (χ1n) is 7.72. The van der Waals surface area contributed by atoms with E-state index in [2.05, 4.69) is 0 Å². The number of benzene rings is 2. The highest BCUT2D eigenvalue weighted by Crippen LogP contribution is 2.43. The molecule has 2 aromatic carbocycles. The van der Waals surface area contributed by atoms with E-state index in [0.717, 1.165) is 6.07 Å². The Kier molecular flexibility index (Phi) is 5.22. The Labute approximate surface area is 147 Å². The zero-order valence-electron chi connectivity index (χ0n) is 13.2. The molecule has 0 bridgehead atoms. The third-order valence-corrected chi connectivity index (χ3v) is 5.09. The molecule has 1 saturated heterocycles. The Hall–Kier alpha value is -2.15. The van der Waals surface area contributed by atoms with Crippen LogP contribution in [0.3, 0.4) is 0 Å². The second-order valence-corrected chi connectivity index (χ2v) is 6.69. The summed E-state index contributed by atoms with van der Waals surface area (Å²) in [6.07, 6.45) is -4.45. The van der Waals surface area contributed by atoms with E-state index in [1.54, 1.807) is 30.3 Å². The van der Waals surface area contributed by atoms with Gasteiger partial charge in [-0.1, -0.05) is 36.4 Å². The molecule has 1 heterocycles. The highest BCUT2D eigenvalue weighted by Gasteiger charge is 2.39. The quantitative estimate of drug-likeness (QED) is 0.804. The number of thioether (sulfide) groups is 1. The van der Waals surface area contributed by atoms with Gasteiger partial charge in [-0.2, -0.15) is 13.2 Å². The maximum absolute atomic E-state index is 13.3. The molecule has 0 aromatic heterocycles. The zero-order valence-corrected chi connectivity index (χ0v) is 14.0. The fourth-order valence-corrected chi connectivity index (χ4v) is 4.01. The smallest absolute Gasteiger partial charge is 0.416 e. The molecule has 0 spiro atoms.